The van der Waals surface area contributed by atoms with E-state index in [-0.39, 0.29) is 5.69 Å². The van der Waals surface area contributed by atoms with E-state index in [0.717, 1.165) is 43.6 Å². The number of urea groups is 1. The van der Waals surface area contributed by atoms with Crippen molar-refractivity contribution in [3.63, 3.8) is 0 Å². The molecule has 12 heteroatoms. The van der Waals surface area contributed by atoms with Crippen molar-refractivity contribution in [2.24, 2.45) is 0 Å². The number of fused-ring (bicyclic) bond motifs is 1. The minimum Gasteiger partial charge on any atom is -0.457 e. The van der Waals surface area contributed by atoms with E-state index < -0.39 is 22.8 Å². The molecule has 1 saturated heterocycles. The van der Waals surface area contributed by atoms with E-state index in [1.807, 2.05) is 6.07 Å². The summed E-state index contributed by atoms with van der Waals surface area (Å²) in [7, 11) is 0. The van der Waals surface area contributed by atoms with Crippen LogP contribution < -0.4 is 25.6 Å². The molecular formula is C26H22ClF3N6O2. The SMILES string of the molecule is O=C(Nc1cccc(Oc2ccc3ncc(N4CCNCC4)nc3c2)c1)Nc1cccc(C(F)(F)F)c1Cl. The zero-order valence-electron chi connectivity index (χ0n) is 19.8. The molecule has 3 aromatic carbocycles. The Bertz CT molecular complexity index is 1480. The van der Waals surface area contributed by atoms with Gasteiger partial charge in [0.1, 0.15) is 17.3 Å². The summed E-state index contributed by atoms with van der Waals surface area (Å²) in [6.07, 6.45) is -2.88. The molecule has 0 aliphatic carbocycles. The van der Waals surface area contributed by atoms with Crippen LogP contribution in [0.3, 0.4) is 0 Å². The molecule has 0 unspecified atom stereocenters. The quantitative estimate of drug-likeness (QED) is 0.280. The number of benzene rings is 3. The van der Waals surface area contributed by atoms with Gasteiger partial charge in [-0.3, -0.25) is 4.98 Å². The maximum atomic E-state index is 13.1. The van der Waals surface area contributed by atoms with Gasteiger partial charge in [0.05, 0.1) is 33.5 Å². The first-order chi connectivity index (χ1) is 18.3. The van der Waals surface area contributed by atoms with Crippen molar-refractivity contribution in [1.82, 2.24) is 15.3 Å². The first kappa shape index (κ1) is 25.6. The second-order valence-corrected chi connectivity index (χ2v) is 8.87. The van der Waals surface area contributed by atoms with Gasteiger partial charge in [0.25, 0.3) is 0 Å². The number of anilines is 3. The van der Waals surface area contributed by atoms with E-state index in [9.17, 15) is 18.0 Å². The summed E-state index contributed by atoms with van der Waals surface area (Å²) in [6.45, 7) is 3.48. The molecular weight excluding hydrogens is 521 g/mol. The summed E-state index contributed by atoms with van der Waals surface area (Å²) in [5.74, 6) is 1.77. The minimum atomic E-state index is -4.64. The number of hydrogen-bond donors (Lipinski definition) is 3. The fraction of sp³-hybridized carbons (Fsp3) is 0.192. The first-order valence-electron chi connectivity index (χ1n) is 11.7. The van der Waals surface area contributed by atoms with Crippen molar-refractivity contribution in [2.45, 2.75) is 6.18 Å². The van der Waals surface area contributed by atoms with Crippen molar-refractivity contribution in [1.29, 1.82) is 0 Å². The van der Waals surface area contributed by atoms with E-state index in [4.69, 9.17) is 21.3 Å². The zero-order valence-corrected chi connectivity index (χ0v) is 20.6. The average Bonchev–Trinajstić information content (AvgIpc) is 2.89. The van der Waals surface area contributed by atoms with Crippen LogP contribution in [-0.2, 0) is 6.18 Å². The summed E-state index contributed by atoms with van der Waals surface area (Å²) in [5, 5.41) is 7.64. The molecule has 196 valence electrons. The predicted molar refractivity (Wildman–Crippen MR) is 140 cm³/mol. The van der Waals surface area contributed by atoms with Gasteiger partial charge in [-0.15, -0.1) is 0 Å². The Morgan fingerprint density at radius 3 is 2.53 bits per heavy atom. The molecule has 1 aromatic heterocycles. The molecule has 0 saturated carbocycles. The Kier molecular flexibility index (Phi) is 7.21. The van der Waals surface area contributed by atoms with Crippen LogP contribution in [0.25, 0.3) is 11.0 Å². The summed E-state index contributed by atoms with van der Waals surface area (Å²) < 4.78 is 45.2. The van der Waals surface area contributed by atoms with E-state index in [2.05, 4.69) is 25.8 Å². The summed E-state index contributed by atoms with van der Waals surface area (Å²) in [5.41, 5.74) is 0.586. The number of halogens is 4. The number of carbonyl (C=O) groups excluding carboxylic acids is 1. The summed E-state index contributed by atoms with van der Waals surface area (Å²) in [4.78, 5) is 23.9. The predicted octanol–water partition coefficient (Wildman–Crippen LogP) is 6.15. The molecule has 8 nitrogen and oxygen atoms in total. The Hall–Kier alpha value is -4.09. The van der Waals surface area contributed by atoms with Gasteiger partial charge in [-0.25, -0.2) is 9.78 Å². The molecule has 0 atom stereocenters. The van der Waals surface area contributed by atoms with E-state index in [1.54, 1.807) is 42.6 Å². The number of nitrogens with one attached hydrogen (secondary N) is 3. The average molecular weight is 543 g/mol. The van der Waals surface area contributed by atoms with Crippen LogP contribution in [0.1, 0.15) is 5.56 Å². The molecule has 3 N–H and O–H groups in total. The number of hydrogen-bond acceptors (Lipinski definition) is 6. The topological polar surface area (TPSA) is 91.4 Å². The van der Waals surface area contributed by atoms with Crippen LogP contribution >= 0.6 is 11.6 Å². The monoisotopic (exact) mass is 542 g/mol. The number of aromatic nitrogens is 2. The number of rotatable bonds is 5. The number of piperazine rings is 1. The van der Waals surface area contributed by atoms with Gasteiger partial charge in [0.2, 0.25) is 0 Å². The van der Waals surface area contributed by atoms with Gasteiger partial charge in [-0.1, -0.05) is 23.7 Å². The third-order valence-corrected chi connectivity index (χ3v) is 6.23. The highest BCUT2D eigenvalue weighted by Gasteiger charge is 2.34. The number of carbonyl (C=O) groups is 1. The first-order valence-corrected chi connectivity index (χ1v) is 12.1. The molecule has 5 rings (SSSR count). The minimum absolute atomic E-state index is 0.163. The second-order valence-electron chi connectivity index (χ2n) is 8.49. The number of nitrogens with zero attached hydrogens (tertiary/aromatic N) is 3. The smallest absolute Gasteiger partial charge is 0.417 e. The van der Waals surface area contributed by atoms with Gasteiger partial charge in [-0.05, 0) is 36.4 Å². The summed E-state index contributed by atoms with van der Waals surface area (Å²) in [6, 6.07) is 14.5. The molecule has 1 aliphatic rings. The Labute approximate surface area is 220 Å². The number of amides is 2. The molecule has 0 bridgehead atoms. The van der Waals surface area contributed by atoms with Gasteiger partial charge >= 0.3 is 12.2 Å². The van der Waals surface area contributed by atoms with Gasteiger partial charge in [-0.2, -0.15) is 13.2 Å². The van der Waals surface area contributed by atoms with Crippen LogP contribution in [0.5, 0.6) is 11.5 Å². The lowest BCUT2D eigenvalue weighted by atomic mass is 10.2. The molecule has 38 heavy (non-hydrogen) atoms. The standard InChI is InChI=1S/C26H22ClF3N6O2/c27-24-19(26(28,29)30)5-2-6-21(24)35-25(37)33-16-3-1-4-17(13-16)38-18-7-8-20-22(14-18)34-23(15-32-20)36-11-9-31-10-12-36/h1-8,13-15,31H,9-12H2,(H2,33,35,37). The highest BCUT2D eigenvalue weighted by Crippen LogP contribution is 2.38. The molecule has 0 radical (unpaired) electrons. The van der Waals surface area contributed by atoms with Crippen LogP contribution in [0.4, 0.5) is 35.2 Å². The van der Waals surface area contributed by atoms with Gasteiger partial charge in [0.15, 0.2) is 0 Å². The van der Waals surface area contributed by atoms with E-state index in [0.29, 0.717) is 22.7 Å². The highest BCUT2D eigenvalue weighted by atomic mass is 35.5. The van der Waals surface area contributed by atoms with E-state index >= 15 is 0 Å². The molecule has 0 spiro atoms. The summed E-state index contributed by atoms with van der Waals surface area (Å²) >= 11 is 5.85. The third-order valence-electron chi connectivity index (χ3n) is 5.82. The largest absolute Gasteiger partial charge is 0.457 e. The normalized spacial score (nSPS) is 13.8. The Morgan fingerprint density at radius 1 is 0.974 bits per heavy atom. The van der Waals surface area contributed by atoms with Crippen LogP contribution in [0.15, 0.2) is 66.9 Å². The van der Waals surface area contributed by atoms with Crippen LogP contribution in [0, 0.1) is 0 Å². The maximum Gasteiger partial charge on any atom is 0.417 e. The third kappa shape index (κ3) is 5.90. The van der Waals surface area contributed by atoms with Crippen LogP contribution in [-0.4, -0.2) is 42.2 Å². The Balaban J connectivity index is 1.28. The zero-order chi connectivity index (χ0) is 26.7. The lowest BCUT2D eigenvalue weighted by Gasteiger charge is -2.28. The van der Waals surface area contributed by atoms with Gasteiger partial charge < -0.3 is 25.6 Å². The van der Waals surface area contributed by atoms with Gasteiger partial charge in [0, 0.05) is 44.0 Å². The number of ether oxygens (including phenoxy) is 1. The van der Waals surface area contributed by atoms with Crippen molar-refractivity contribution in [3.05, 3.63) is 77.4 Å². The second kappa shape index (κ2) is 10.7. The van der Waals surface area contributed by atoms with Crippen LogP contribution in [0.2, 0.25) is 5.02 Å². The lowest BCUT2D eigenvalue weighted by Crippen LogP contribution is -2.43. The fourth-order valence-corrected chi connectivity index (χ4v) is 4.28. The van der Waals surface area contributed by atoms with Crippen molar-refractivity contribution in [2.75, 3.05) is 41.7 Å². The fourth-order valence-electron chi connectivity index (χ4n) is 4.00. The lowest BCUT2D eigenvalue weighted by molar-refractivity contribution is -0.137. The molecule has 4 aromatic rings. The molecule has 1 fully saturated rings. The molecule has 2 heterocycles. The molecule has 2 amide bonds. The van der Waals surface area contributed by atoms with Crippen molar-refractivity contribution < 1.29 is 22.7 Å². The van der Waals surface area contributed by atoms with Crippen molar-refractivity contribution in [3.8, 4) is 11.5 Å². The molecule has 1 aliphatic heterocycles. The highest BCUT2D eigenvalue weighted by molar-refractivity contribution is 6.34. The van der Waals surface area contributed by atoms with Crippen molar-refractivity contribution >= 4 is 45.9 Å². The Morgan fingerprint density at radius 2 is 1.74 bits per heavy atom. The number of alkyl halides is 3. The van der Waals surface area contributed by atoms with E-state index in [1.165, 1.54) is 12.1 Å². The maximum absolute atomic E-state index is 13.1.